The van der Waals surface area contributed by atoms with Crippen molar-refractivity contribution < 1.29 is 24.2 Å². The predicted octanol–water partition coefficient (Wildman–Crippen LogP) is 5.34. The first-order valence-corrected chi connectivity index (χ1v) is 13.3. The zero-order valence-corrected chi connectivity index (χ0v) is 22.8. The maximum atomic E-state index is 13.3. The average Bonchev–Trinajstić information content (AvgIpc) is 3.15. The summed E-state index contributed by atoms with van der Waals surface area (Å²) in [6.45, 7) is 13.9. The molecule has 200 valence electrons. The number of benzene rings is 2. The second-order valence-electron chi connectivity index (χ2n) is 9.20. The summed E-state index contributed by atoms with van der Waals surface area (Å²) >= 11 is 0. The molecule has 0 radical (unpaired) electrons. The van der Waals surface area contributed by atoms with E-state index in [2.05, 4.69) is 25.7 Å². The Morgan fingerprint density at radius 2 is 1.70 bits per heavy atom. The Bertz CT molecular complexity index is 1110. The van der Waals surface area contributed by atoms with Gasteiger partial charge in [0, 0.05) is 18.7 Å². The molecule has 0 aliphatic carbocycles. The molecule has 0 unspecified atom stereocenters. The maximum absolute atomic E-state index is 13.3. The van der Waals surface area contributed by atoms with Crippen LogP contribution >= 0.6 is 0 Å². The number of hydrogen-bond donors (Lipinski definition) is 1. The SMILES string of the molecule is CCCCOc1ccc(C(O)=C2C(=O)C(=O)N(CCN(CC)CC)[C@H]2c2ccc(OCC)cc2)cc1C. The number of unbranched alkanes of at least 4 members (excludes halogenated alkanes) is 1. The van der Waals surface area contributed by atoms with E-state index in [-0.39, 0.29) is 11.3 Å². The summed E-state index contributed by atoms with van der Waals surface area (Å²) in [7, 11) is 0. The minimum Gasteiger partial charge on any atom is -0.507 e. The Labute approximate surface area is 220 Å². The fourth-order valence-corrected chi connectivity index (χ4v) is 4.60. The van der Waals surface area contributed by atoms with E-state index < -0.39 is 17.7 Å². The third kappa shape index (κ3) is 6.52. The van der Waals surface area contributed by atoms with Gasteiger partial charge in [-0.15, -0.1) is 0 Å². The van der Waals surface area contributed by atoms with Crippen molar-refractivity contribution >= 4 is 17.4 Å². The molecule has 1 atom stereocenters. The van der Waals surface area contributed by atoms with Crippen LogP contribution in [0.15, 0.2) is 48.0 Å². The van der Waals surface area contributed by atoms with Crippen LogP contribution < -0.4 is 9.47 Å². The molecule has 7 heteroatoms. The van der Waals surface area contributed by atoms with E-state index in [4.69, 9.17) is 9.47 Å². The zero-order valence-electron chi connectivity index (χ0n) is 22.8. The van der Waals surface area contributed by atoms with Crippen molar-refractivity contribution in [3.05, 3.63) is 64.7 Å². The maximum Gasteiger partial charge on any atom is 0.295 e. The molecular formula is C30H40N2O5. The third-order valence-electron chi connectivity index (χ3n) is 6.80. The van der Waals surface area contributed by atoms with Crippen LogP contribution in [0, 0.1) is 6.92 Å². The smallest absolute Gasteiger partial charge is 0.295 e. The fraction of sp³-hybridized carbons (Fsp3) is 0.467. The van der Waals surface area contributed by atoms with Gasteiger partial charge in [-0.1, -0.05) is 39.3 Å². The van der Waals surface area contributed by atoms with E-state index in [9.17, 15) is 14.7 Å². The van der Waals surface area contributed by atoms with Crippen LogP contribution in [0.3, 0.4) is 0 Å². The van der Waals surface area contributed by atoms with Crippen LogP contribution in [0.1, 0.15) is 63.3 Å². The number of nitrogens with zero attached hydrogens (tertiary/aromatic N) is 2. The number of likely N-dealkylation sites (N-methyl/N-ethyl adjacent to an activating group) is 1. The molecule has 1 N–H and O–H groups in total. The number of rotatable bonds is 13. The molecule has 1 heterocycles. The Morgan fingerprint density at radius 1 is 1.00 bits per heavy atom. The van der Waals surface area contributed by atoms with Gasteiger partial charge in [-0.3, -0.25) is 9.59 Å². The Hall–Kier alpha value is -3.32. The van der Waals surface area contributed by atoms with E-state index in [1.165, 1.54) is 0 Å². The van der Waals surface area contributed by atoms with E-state index in [1.807, 2.05) is 44.2 Å². The number of aliphatic hydroxyl groups excluding tert-OH is 1. The summed E-state index contributed by atoms with van der Waals surface area (Å²) < 4.78 is 11.4. The number of Topliss-reactive ketones (excluding diaryl/α,β-unsaturated/α-hetero) is 1. The molecule has 1 saturated heterocycles. The molecule has 2 aromatic rings. The number of likely N-dealkylation sites (tertiary alicyclic amines) is 1. The number of aryl methyl sites for hydroxylation is 1. The Balaban J connectivity index is 2.03. The highest BCUT2D eigenvalue weighted by Gasteiger charge is 2.46. The lowest BCUT2D eigenvalue weighted by molar-refractivity contribution is -0.140. The summed E-state index contributed by atoms with van der Waals surface area (Å²) in [6, 6.07) is 12.0. The number of ether oxygens (including phenoxy) is 2. The van der Waals surface area contributed by atoms with Gasteiger partial charge in [0.15, 0.2) is 0 Å². The zero-order chi connectivity index (χ0) is 26.9. The van der Waals surface area contributed by atoms with Crippen LogP contribution in [-0.4, -0.2) is 66.0 Å². The number of hydrogen-bond acceptors (Lipinski definition) is 6. The minimum absolute atomic E-state index is 0.104. The molecule has 1 aliphatic heterocycles. The van der Waals surface area contributed by atoms with Gasteiger partial charge in [0.25, 0.3) is 11.7 Å². The molecule has 0 saturated carbocycles. The van der Waals surface area contributed by atoms with E-state index in [1.54, 1.807) is 17.0 Å². The van der Waals surface area contributed by atoms with Crippen LogP contribution in [0.25, 0.3) is 5.76 Å². The quantitative estimate of drug-likeness (QED) is 0.170. The number of ketones is 1. The molecule has 0 aromatic heterocycles. The summed E-state index contributed by atoms with van der Waals surface area (Å²) in [5.41, 5.74) is 2.19. The van der Waals surface area contributed by atoms with Gasteiger partial charge >= 0.3 is 0 Å². The van der Waals surface area contributed by atoms with Crippen molar-refractivity contribution in [3.63, 3.8) is 0 Å². The highest BCUT2D eigenvalue weighted by Crippen LogP contribution is 2.40. The third-order valence-corrected chi connectivity index (χ3v) is 6.80. The average molecular weight is 509 g/mol. The normalized spacial score (nSPS) is 17.0. The second kappa shape index (κ2) is 13.3. The molecular weight excluding hydrogens is 468 g/mol. The second-order valence-corrected chi connectivity index (χ2v) is 9.20. The minimum atomic E-state index is -0.688. The van der Waals surface area contributed by atoms with Gasteiger partial charge in [-0.2, -0.15) is 0 Å². The lowest BCUT2D eigenvalue weighted by Crippen LogP contribution is -2.38. The highest BCUT2D eigenvalue weighted by molar-refractivity contribution is 6.46. The fourth-order valence-electron chi connectivity index (χ4n) is 4.60. The monoisotopic (exact) mass is 508 g/mol. The van der Waals surface area contributed by atoms with Crippen LogP contribution in [0.5, 0.6) is 11.5 Å². The van der Waals surface area contributed by atoms with Crippen molar-refractivity contribution in [1.29, 1.82) is 0 Å². The van der Waals surface area contributed by atoms with Crippen molar-refractivity contribution in [2.45, 2.75) is 53.5 Å². The summed E-state index contributed by atoms with van der Waals surface area (Å²) in [4.78, 5) is 30.3. The molecule has 7 nitrogen and oxygen atoms in total. The molecule has 1 aliphatic rings. The molecule has 1 amide bonds. The Kier molecular flexibility index (Phi) is 10.1. The number of carbonyl (C=O) groups excluding carboxylic acids is 2. The standard InChI is InChI=1S/C30H40N2O5/c1-6-10-19-37-25-16-13-23(20-21(25)5)28(33)26-27(22-11-14-24(15-12-22)36-9-4)32(30(35)29(26)34)18-17-31(7-2)8-3/h11-16,20,27,33H,6-10,17-19H2,1-5H3/t27-/m0/s1. The summed E-state index contributed by atoms with van der Waals surface area (Å²) in [5.74, 6) is 0.0137. The van der Waals surface area contributed by atoms with Crippen LogP contribution in [0.2, 0.25) is 0 Å². The van der Waals surface area contributed by atoms with Crippen LogP contribution in [-0.2, 0) is 9.59 Å². The van der Waals surface area contributed by atoms with Gasteiger partial charge in [0.2, 0.25) is 0 Å². The molecule has 0 spiro atoms. The molecule has 1 fully saturated rings. The topological polar surface area (TPSA) is 79.3 Å². The van der Waals surface area contributed by atoms with E-state index >= 15 is 0 Å². The van der Waals surface area contributed by atoms with Gasteiger partial charge in [0.1, 0.15) is 17.3 Å². The first kappa shape index (κ1) is 28.3. The number of amides is 1. The van der Waals surface area contributed by atoms with Crippen LogP contribution in [0.4, 0.5) is 0 Å². The molecule has 0 bridgehead atoms. The number of carbonyl (C=O) groups is 2. The molecule has 2 aromatic carbocycles. The highest BCUT2D eigenvalue weighted by atomic mass is 16.5. The molecule has 37 heavy (non-hydrogen) atoms. The van der Waals surface area contributed by atoms with Gasteiger partial charge in [0.05, 0.1) is 24.8 Å². The Morgan fingerprint density at radius 3 is 2.30 bits per heavy atom. The van der Waals surface area contributed by atoms with Crippen molar-refractivity contribution in [2.75, 3.05) is 39.4 Å². The van der Waals surface area contributed by atoms with E-state index in [0.29, 0.717) is 37.6 Å². The largest absolute Gasteiger partial charge is 0.507 e. The van der Waals surface area contributed by atoms with Crippen molar-refractivity contribution in [3.8, 4) is 11.5 Å². The van der Waals surface area contributed by atoms with Gasteiger partial charge in [-0.25, -0.2) is 0 Å². The van der Waals surface area contributed by atoms with Gasteiger partial charge < -0.3 is 24.4 Å². The van der Waals surface area contributed by atoms with E-state index in [0.717, 1.165) is 42.8 Å². The van der Waals surface area contributed by atoms with Crippen molar-refractivity contribution in [2.24, 2.45) is 0 Å². The number of aliphatic hydroxyl groups is 1. The molecule has 3 rings (SSSR count). The summed E-state index contributed by atoms with van der Waals surface area (Å²) in [5, 5.41) is 11.4. The van der Waals surface area contributed by atoms with Crippen molar-refractivity contribution in [1.82, 2.24) is 9.80 Å². The first-order valence-electron chi connectivity index (χ1n) is 13.3. The lowest BCUT2D eigenvalue weighted by Gasteiger charge is -2.28. The summed E-state index contributed by atoms with van der Waals surface area (Å²) in [6.07, 6.45) is 2.00. The van der Waals surface area contributed by atoms with Gasteiger partial charge in [-0.05, 0) is 74.8 Å². The predicted molar refractivity (Wildman–Crippen MR) is 146 cm³/mol. The first-order chi connectivity index (χ1) is 17.9. The lowest BCUT2D eigenvalue weighted by atomic mass is 9.94.